The number of fused-ring (bicyclic) bond motifs is 1. The van der Waals surface area contributed by atoms with Crippen molar-refractivity contribution >= 4 is 11.8 Å². The van der Waals surface area contributed by atoms with E-state index in [9.17, 15) is 9.59 Å². The minimum Gasteiger partial charge on any atom is -0.350 e. The highest BCUT2D eigenvalue weighted by Crippen LogP contribution is 2.27. The van der Waals surface area contributed by atoms with Crippen LogP contribution in [0.5, 0.6) is 0 Å². The highest BCUT2D eigenvalue weighted by molar-refractivity contribution is 5.96. The van der Waals surface area contributed by atoms with Gasteiger partial charge in [0.1, 0.15) is 0 Å². The van der Waals surface area contributed by atoms with Crippen LogP contribution in [0.3, 0.4) is 0 Å². The minimum absolute atomic E-state index is 0.0716. The van der Waals surface area contributed by atoms with Crippen LogP contribution in [-0.4, -0.2) is 28.1 Å². The molecule has 0 fully saturated rings. The third kappa shape index (κ3) is 4.43. The summed E-state index contributed by atoms with van der Waals surface area (Å²) in [5.41, 5.74) is 5.69. The number of benzene rings is 2. The maximum atomic E-state index is 12.8. The smallest absolute Gasteiger partial charge is 0.272 e. The Kier molecular flexibility index (Phi) is 5.93. The molecule has 1 aliphatic rings. The third-order valence-electron chi connectivity index (χ3n) is 5.42. The number of carbonyl (C=O) groups is 2. The lowest BCUT2D eigenvalue weighted by molar-refractivity contribution is -0.120. The summed E-state index contributed by atoms with van der Waals surface area (Å²) < 4.78 is 1.89. The van der Waals surface area contributed by atoms with Gasteiger partial charge >= 0.3 is 0 Å². The van der Waals surface area contributed by atoms with Crippen LogP contribution in [0.2, 0.25) is 0 Å². The monoisotopic (exact) mass is 402 g/mol. The molecular formula is C24H26N4O2. The average Bonchev–Trinajstić information content (AvgIpc) is 3.17. The Morgan fingerprint density at radius 3 is 2.47 bits per heavy atom. The first-order chi connectivity index (χ1) is 14.6. The Labute approximate surface area is 176 Å². The van der Waals surface area contributed by atoms with E-state index in [2.05, 4.69) is 15.7 Å². The number of rotatable bonds is 6. The fraction of sp³-hybridized carbons (Fsp3) is 0.292. The summed E-state index contributed by atoms with van der Waals surface area (Å²) in [4.78, 5) is 25.0. The molecule has 0 saturated heterocycles. The molecule has 0 saturated carbocycles. The number of aryl methyl sites for hydroxylation is 1. The first kappa shape index (κ1) is 19.9. The average molecular weight is 402 g/mol. The molecule has 4 rings (SSSR count). The van der Waals surface area contributed by atoms with Crippen molar-refractivity contribution in [2.45, 2.75) is 39.2 Å². The number of carbonyl (C=O) groups excluding carboxylic acids is 2. The molecule has 0 radical (unpaired) electrons. The summed E-state index contributed by atoms with van der Waals surface area (Å²) in [6.07, 6.45) is 3.88. The first-order valence-electron chi connectivity index (χ1n) is 10.4. The second-order valence-corrected chi connectivity index (χ2v) is 7.67. The van der Waals surface area contributed by atoms with Gasteiger partial charge in [-0.3, -0.25) is 9.59 Å². The van der Waals surface area contributed by atoms with Crippen LogP contribution in [0.1, 0.15) is 45.7 Å². The van der Waals surface area contributed by atoms with Gasteiger partial charge in [-0.2, -0.15) is 5.10 Å². The van der Waals surface area contributed by atoms with Crippen molar-refractivity contribution in [1.82, 2.24) is 20.4 Å². The van der Waals surface area contributed by atoms with Crippen molar-refractivity contribution in [3.8, 4) is 5.69 Å². The van der Waals surface area contributed by atoms with Crippen molar-refractivity contribution in [2.24, 2.45) is 0 Å². The van der Waals surface area contributed by atoms with Gasteiger partial charge in [-0.1, -0.05) is 48.0 Å². The number of hydrogen-bond acceptors (Lipinski definition) is 3. The van der Waals surface area contributed by atoms with Crippen molar-refractivity contribution in [1.29, 1.82) is 0 Å². The quantitative estimate of drug-likeness (QED) is 0.665. The van der Waals surface area contributed by atoms with Gasteiger partial charge in [0.05, 0.1) is 12.2 Å². The Bertz CT molecular complexity index is 1040. The van der Waals surface area contributed by atoms with Gasteiger partial charge in [-0.25, -0.2) is 4.68 Å². The molecule has 2 N–H and O–H groups in total. The Morgan fingerprint density at radius 1 is 0.967 bits per heavy atom. The number of nitrogens with one attached hydrogen (secondary N) is 2. The molecule has 6 nitrogen and oxygen atoms in total. The molecule has 2 amide bonds. The highest BCUT2D eigenvalue weighted by Gasteiger charge is 2.25. The van der Waals surface area contributed by atoms with Gasteiger partial charge in [-0.15, -0.1) is 0 Å². The molecular weight excluding hydrogens is 376 g/mol. The molecule has 3 aromatic rings. The predicted octanol–water partition coefficient (Wildman–Crippen LogP) is 3.11. The molecule has 0 aliphatic heterocycles. The fourth-order valence-electron chi connectivity index (χ4n) is 3.78. The fourth-order valence-corrected chi connectivity index (χ4v) is 3.78. The second-order valence-electron chi connectivity index (χ2n) is 7.67. The van der Waals surface area contributed by atoms with Crippen LogP contribution in [0, 0.1) is 6.92 Å². The molecule has 0 spiro atoms. The Morgan fingerprint density at radius 2 is 1.70 bits per heavy atom. The van der Waals surface area contributed by atoms with Gasteiger partial charge in [0.2, 0.25) is 5.91 Å². The zero-order valence-corrected chi connectivity index (χ0v) is 17.1. The standard InChI is InChI=1S/C24H26N4O2/c1-17-11-13-19(14-12-17)28-21-10-6-5-9-20(21)23(27-28)24(30)26-16-22(29)25-15-18-7-3-2-4-8-18/h2-4,7-8,11-14H,5-6,9-10,15-16H2,1H3,(H,25,29)(H,26,30). The maximum absolute atomic E-state index is 12.8. The van der Waals surface area contributed by atoms with Crippen LogP contribution < -0.4 is 10.6 Å². The SMILES string of the molecule is Cc1ccc(-n2nc(C(=O)NCC(=O)NCc3ccccc3)c3c2CCCC3)cc1. The molecule has 1 aromatic heterocycles. The number of amides is 2. The first-order valence-corrected chi connectivity index (χ1v) is 10.4. The van der Waals surface area contributed by atoms with Gasteiger partial charge in [0.25, 0.3) is 5.91 Å². The van der Waals surface area contributed by atoms with Gasteiger partial charge in [0, 0.05) is 17.8 Å². The van der Waals surface area contributed by atoms with E-state index in [0.717, 1.165) is 48.2 Å². The molecule has 6 heteroatoms. The topological polar surface area (TPSA) is 76.0 Å². The van der Waals surface area contributed by atoms with E-state index >= 15 is 0 Å². The van der Waals surface area contributed by atoms with Crippen LogP contribution in [0.15, 0.2) is 54.6 Å². The van der Waals surface area contributed by atoms with Crippen molar-refractivity contribution in [3.63, 3.8) is 0 Å². The minimum atomic E-state index is -0.297. The van der Waals surface area contributed by atoms with E-state index in [-0.39, 0.29) is 18.4 Å². The van der Waals surface area contributed by atoms with Crippen molar-refractivity contribution < 1.29 is 9.59 Å². The summed E-state index contributed by atoms with van der Waals surface area (Å²) in [6.45, 7) is 2.41. The van der Waals surface area contributed by atoms with Crippen LogP contribution in [0.4, 0.5) is 0 Å². The lowest BCUT2D eigenvalue weighted by atomic mass is 9.95. The van der Waals surface area contributed by atoms with Gasteiger partial charge < -0.3 is 10.6 Å². The number of nitrogens with zero attached hydrogens (tertiary/aromatic N) is 2. The zero-order valence-electron chi connectivity index (χ0n) is 17.1. The molecule has 0 unspecified atom stereocenters. The van der Waals surface area contributed by atoms with Gasteiger partial charge in [0.15, 0.2) is 5.69 Å². The number of hydrogen-bond donors (Lipinski definition) is 2. The largest absolute Gasteiger partial charge is 0.350 e. The summed E-state index contributed by atoms with van der Waals surface area (Å²) >= 11 is 0. The van der Waals surface area contributed by atoms with E-state index in [4.69, 9.17) is 0 Å². The van der Waals surface area contributed by atoms with Crippen LogP contribution >= 0.6 is 0 Å². The van der Waals surface area contributed by atoms with E-state index in [1.165, 1.54) is 5.56 Å². The van der Waals surface area contributed by atoms with Crippen LogP contribution in [0.25, 0.3) is 5.69 Å². The molecule has 1 aliphatic carbocycles. The third-order valence-corrected chi connectivity index (χ3v) is 5.42. The molecule has 2 aromatic carbocycles. The van der Waals surface area contributed by atoms with Crippen LogP contribution in [-0.2, 0) is 24.2 Å². The molecule has 0 bridgehead atoms. The summed E-state index contributed by atoms with van der Waals surface area (Å²) in [5.74, 6) is -0.520. The lowest BCUT2D eigenvalue weighted by Gasteiger charge is -2.14. The zero-order chi connectivity index (χ0) is 20.9. The molecule has 154 valence electrons. The summed E-state index contributed by atoms with van der Waals surface area (Å²) in [5, 5.41) is 10.2. The number of aromatic nitrogens is 2. The van der Waals surface area contributed by atoms with E-state index in [1.807, 2.05) is 66.2 Å². The molecule has 30 heavy (non-hydrogen) atoms. The van der Waals surface area contributed by atoms with Crippen molar-refractivity contribution in [3.05, 3.63) is 82.7 Å². The normalized spacial score (nSPS) is 12.8. The highest BCUT2D eigenvalue weighted by atomic mass is 16.2. The Balaban J connectivity index is 1.44. The van der Waals surface area contributed by atoms with E-state index < -0.39 is 0 Å². The van der Waals surface area contributed by atoms with Gasteiger partial charge in [-0.05, 0) is 50.3 Å². The Hall–Kier alpha value is -3.41. The molecule has 1 heterocycles. The molecule has 0 atom stereocenters. The second kappa shape index (κ2) is 8.95. The lowest BCUT2D eigenvalue weighted by Crippen LogP contribution is -2.37. The summed E-state index contributed by atoms with van der Waals surface area (Å²) in [7, 11) is 0. The maximum Gasteiger partial charge on any atom is 0.272 e. The predicted molar refractivity (Wildman–Crippen MR) is 116 cm³/mol. The summed E-state index contributed by atoms with van der Waals surface area (Å²) in [6, 6.07) is 17.8. The van der Waals surface area contributed by atoms with Crippen molar-refractivity contribution in [2.75, 3.05) is 6.54 Å². The van der Waals surface area contributed by atoms with E-state index in [1.54, 1.807) is 0 Å². The van der Waals surface area contributed by atoms with E-state index in [0.29, 0.717) is 12.2 Å².